The van der Waals surface area contributed by atoms with Gasteiger partial charge in [0.2, 0.25) is 5.95 Å². The summed E-state index contributed by atoms with van der Waals surface area (Å²) in [5, 5.41) is 3.93. The predicted octanol–water partition coefficient (Wildman–Crippen LogP) is 2.16. The van der Waals surface area contributed by atoms with E-state index in [1.165, 1.54) is 6.42 Å². The molecular formula is C10H16ClN5. The molecule has 4 N–H and O–H groups in total. The number of hydrogen-bond acceptors (Lipinski definition) is 5. The summed E-state index contributed by atoms with van der Waals surface area (Å²) in [7, 11) is 0. The van der Waals surface area contributed by atoms with Gasteiger partial charge in [-0.05, 0) is 25.7 Å². The molecule has 0 spiro atoms. The molecule has 0 atom stereocenters. The van der Waals surface area contributed by atoms with Crippen molar-refractivity contribution in [2.24, 2.45) is 5.84 Å². The molecule has 16 heavy (non-hydrogen) atoms. The fourth-order valence-electron chi connectivity index (χ4n) is 1.95. The number of nitrogen functional groups attached to an aromatic ring is 1. The van der Waals surface area contributed by atoms with Crippen molar-refractivity contribution in [3.05, 3.63) is 11.2 Å². The molecule has 1 heterocycles. The molecule has 0 bridgehead atoms. The van der Waals surface area contributed by atoms with Crippen LogP contribution in [-0.2, 0) is 0 Å². The van der Waals surface area contributed by atoms with Crippen molar-refractivity contribution >= 4 is 23.4 Å². The highest BCUT2D eigenvalue weighted by molar-refractivity contribution is 6.32. The zero-order valence-corrected chi connectivity index (χ0v) is 10.0. The third kappa shape index (κ3) is 2.05. The monoisotopic (exact) mass is 241 g/mol. The molecule has 0 saturated heterocycles. The summed E-state index contributed by atoms with van der Waals surface area (Å²) in [5.74, 6) is 6.30. The van der Waals surface area contributed by atoms with Gasteiger partial charge >= 0.3 is 0 Å². The molecule has 88 valence electrons. The molecular weight excluding hydrogens is 226 g/mol. The van der Waals surface area contributed by atoms with Crippen molar-refractivity contribution < 1.29 is 0 Å². The average molecular weight is 242 g/mol. The van der Waals surface area contributed by atoms with Crippen LogP contribution in [0.25, 0.3) is 0 Å². The van der Waals surface area contributed by atoms with Crippen LogP contribution in [0.2, 0.25) is 5.02 Å². The van der Waals surface area contributed by atoms with E-state index in [0.717, 1.165) is 19.3 Å². The fourth-order valence-corrected chi connectivity index (χ4v) is 2.08. The largest absolute Gasteiger partial charge is 0.363 e. The highest BCUT2D eigenvalue weighted by atomic mass is 35.5. The van der Waals surface area contributed by atoms with Crippen LogP contribution in [-0.4, -0.2) is 15.5 Å². The minimum atomic E-state index is 0.157. The topological polar surface area (TPSA) is 75.9 Å². The Bertz CT molecular complexity index is 372. The number of aromatic nitrogens is 2. The molecule has 6 heteroatoms. The van der Waals surface area contributed by atoms with Gasteiger partial charge in [-0.25, -0.2) is 10.8 Å². The summed E-state index contributed by atoms with van der Waals surface area (Å²) in [6.07, 6.45) is 6.20. The molecule has 0 radical (unpaired) electrons. The number of nitrogens with two attached hydrogens (primary N) is 1. The third-order valence-electron chi connectivity index (χ3n) is 3.24. The van der Waals surface area contributed by atoms with E-state index in [-0.39, 0.29) is 5.54 Å². The average Bonchev–Trinajstić information content (AvgIpc) is 2.26. The Hall–Kier alpha value is -1.07. The summed E-state index contributed by atoms with van der Waals surface area (Å²) < 4.78 is 0. The lowest BCUT2D eigenvalue weighted by Gasteiger charge is -2.42. The van der Waals surface area contributed by atoms with E-state index in [9.17, 15) is 0 Å². The van der Waals surface area contributed by atoms with Gasteiger partial charge in [0, 0.05) is 5.54 Å². The van der Waals surface area contributed by atoms with Gasteiger partial charge in [-0.2, -0.15) is 4.98 Å². The minimum absolute atomic E-state index is 0.157. The van der Waals surface area contributed by atoms with E-state index < -0.39 is 0 Å². The first kappa shape index (κ1) is 11.4. The molecule has 1 aliphatic carbocycles. The van der Waals surface area contributed by atoms with Gasteiger partial charge in [0.25, 0.3) is 0 Å². The van der Waals surface area contributed by atoms with Crippen LogP contribution in [0, 0.1) is 0 Å². The van der Waals surface area contributed by atoms with Crippen molar-refractivity contribution in [1.29, 1.82) is 0 Å². The SMILES string of the molecule is CCC1(Nc2nc(NN)ncc2Cl)CCC1. The first-order valence-electron chi connectivity index (χ1n) is 5.46. The number of hydrazine groups is 1. The van der Waals surface area contributed by atoms with Crippen molar-refractivity contribution in [3.63, 3.8) is 0 Å². The fraction of sp³-hybridized carbons (Fsp3) is 0.600. The number of anilines is 2. The standard InChI is InChI=1S/C10H16ClN5/c1-2-10(4-3-5-10)15-8-7(11)6-13-9(14-8)16-12/h6H,2-5,12H2,1H3,(H2,13,14,15,16). The highest BCUT2D eigenvalue weighted by Gasteiger charge is 2.35. The Morgan fingerprint density at radius 1 is 1.56 bits per heavy atom. The van der Waals surface area contributed by atoms with E-state index in [1.807, 2.05) is 0 Å². The van der Waals surface area contributed by atoms with E-state index in [2.05, 4.69) is 27.6 Å². The van der Waals surface area contributed by atoms with Gasteiger partial charge in [0.1, 0.15) is 5.02 Å². The maximum atomic E-state index is 6.04. The quantitative estimate of drug-likeness (QED) is 0.556. The lowest BCUT2D eigenvalue weighted by molar-refractivity contribution is 0.269. The maximum absolute atomic E-state index is 6.04. The van der Waals surface area contributed by atoms with Gasteiger partial charge in [-0.15, -0.1) is 0 Å². The van der Waals surface area contributed by atoms with Crippen LogP contribution in [0.1, 0.15) is 32.6 Å². The lowest BCUT2D eigenvalue weighted by atomic mass is 9.75. The molecule has 1 aromatic rings. The summed E-state index contributed by atoms with van der Waals surface area (Å²) in [6.45, 7) is 2.17. The Balaban J connectivity index is 2.19. The highest BCUT2D eigenvalue weighted by Crippen LogP contribution is 2.38. The summed E-state index contributed by atoms with van der Waals surface area (Å²) in [4.78, 5) is 8.15. The molecule has 0 aromatic carbocycles. The maximum Gasteiger partial charge on any atom is 0.239 e. The van der Waals surface area contributed by atoms with Crippen LogP contribution in [0.5, 0.6) is 0 Å². The molecule has 0 aliphatic heterocycles. The summed E-state index contributed by atoms with van der Waals surface area (Å²) in [6, 6.07) is 0. The van der Waals surface area contributed by atoms with Gasteiger partial charge in [0.15, 0.2) is 5.82 Å². The van der Waals surface area contributed by atoms with Crippen molar-refractivity contribution in [1.82, 2.24) is 9.97 Å². The van der Waals surface area contributed by atoms with Gasteiger partial charge in [-0.1, -0.05) is 18.5 Å². The van der Waals surface area contributed by atoms with Crippen LogP contribution >= 0.6 is 11.6 Å². The van der Waals surface area contributed by atoms with E-state index in [1.54, 1.807) is 6.20 Å². The number of halogens is 1. The molecule has 5 nitrogen and oxygen atoms in total. The van der Waals surface area contributed by atoms with Crippen LogP contribution in [0.3, 0.4) is 0 Å². The molecule has 1 aromatic heterocycles. The van der Waals surface area contributed by atoms with E-state index >= 15 is 0 Å². The second-order valence-corrected chi connectivity index (χ2v) is 4.55. The second kappa shape index (κ2) is 4.43. The summed E-state index contributed by atoms with van der Waals surface area (Å²) >= 11 is 6.04. The molecule has 0 unspecified atom stereocenters. The first-order chi connectivity index (χ1) is 7.69. The molecule has 0 amide bonds. The normalized spacial score (nSPS) is 17.7. The minimum Gasteiger partial charge on any atom is -0.363 e. The predicted molar refractivity (Wildman–Crippen MR) is 65.3 cm³/mol. The van der Waals surface area contributed by atoms with Crippen molar-refractivity contribution in [3.8, 4) is 0 Å². The number of rotatable bonds is 4. The third-order valence-corrected chi connectivity index (χ3v) is 3.52. The zero-order valence-electron chi connectivity index (χ0n) is 9.26. The van der Waals surface area contributed by atoms with Crippen LogP contribution in [0.15, 0.2) is 6.20 Å². The number of nitrogens with one attached hydrogen (secondary N) is 2. The van der Waals surface area contributed by atoms with Gasteiger partial charge in [-0.3, -0.25) is 5.43 Å². The number of hydrogen-bond donors (Lipinski definition) is 3. The molecule has 2 rings (SSSR count). The zero-order chi connectivity index (χ0) is 11.6. The lowest BCUT2D eigenvalue weighted by Crippen LogP contribution is -2.44. The van der Waals surface area contributed by atoms with Crippen LogP contribution in [0.4, 0.5) is 11.8 Å². The molecule has 1 saturated carbocycles. The van der Waals surface area contributed by atoms with E-state index in [4.69, 9.17) is 17.4 Å². The Labute approximate surface area is 99.8 Å². The van der Waals surface area contributed by atoms with Crippen LogP contribution < -0.4 is 16.6 Å². The molecule has 1 fully saturated rings. The van der Waals surface area contributed by atoms with E-state index in [0.29, 0.717) is 16.8 Å². The first-order valence-corrected chi connectivity index (χ1v) is 5.84. The Morgan fingerprint density at radius 2 is 2.31 bits per heavy atom. The smallest absolute Gasteiger partial charge is 0.239 e. The Morgan fingerprint density at radius 3 is 2.81 bits per heavy atom. The Kier molecular flexibility index (Phi) is 3.16. The van der Waals surface area contributed by atoms with Crippen molar-refractivity contribution in [2.45, 2.75) is 38.1 Å². The molecule has 1 aliphatic rings. The van der Waals surface area contributed by atoms with Crippen molar-refractivity contribution in [2.75, 3.05) is 10.7 Å². The summed E-state index contributed by atoms with van der Waals surface area (Å²) in [5.41, 5.74) is 2.57. The van der Waals surface area contributed by atoms with Gasteiger partial charge < -0.3 is 5.32 Å². The second-order valence-electron chi connectivity index (χ2n) is 4.15. The van der Waals surface area contributed by atoms with Gasteiger partial charge in [0.05, 0.1) is 6.20 Å². The number of nitrogens with zero attached hydrogens (tertiary/aromatic N) is 2.